The summed E-state index contributed by atoms with van der Waals surface area (Å²) in [5.74, 6) is 1.13. The molecule has 6 nitrogen and oxygen atoms in total. The number of halogens is 1. The van der Waals surface area contributed by atoms with E-state index >= 15 is 0 Å². The molecule has 0 aliphatic carbocycles. The Hall–Kier alpha value is -1.35. The second-order valence-electron chi connectivity index (χ2n) is 9.00. The van der Waals surface area contributed by atoms with Gasteiger partial charge in [0.05, 0.1) is 0 Å². The summed E-state index contributed by atoms with van der Waals surface area (Å²) in [6.45, 7) is 4.45. The Kier molecular flexibility index (Phi) is 9.01. The maximum atomic E-state index is 12.7. The van der Waals surface area contributed by atoms with Crippen LogP contribution in [0.5, 0.6) is 0 Å². The van der Waals surface area contributed by atoms with Gasteiger partial charge in [0.1, 0.15) is 0 Å². The Morgan fingerprint density at radius 2 is 1.94 bits per heavy atom. The van der Waals surface area contributed by atoms with E-state index in [-0.39, 0.29) is 29.9 Å². The Labute approximate surface area is 204 Å². The molecule has 2 bridgehead atoms. The van der Waals surface area contributed by atoms with Crippen LogP contribution >= 0.6 is 24.0 Å². The molecular weight excluding hydrogens is 501 g/mol. The summed E-state index contributed by atoms with van der Waals surface area (Å²) >= 11 is 0. The standard InChI is InChI=1S/C24H37N5O.HI/c1-3-25-24(27-19-16-20-9-6-10-21(17-19)28(20)2)26-14-7-12-23(30)29-15-13-18-8-4-5-11-22(18)29;/h4-5,8,11,19-21H,3,6-7,9-10,12-17H2,1-2H3,(H2,25,26,27);1H. The zero-order valence-electron chi connectivity index (χ0n) is 19.0. The smallest absolute Gasteiger partial charge is 0.227 e. The van der Waals surface area contributed by atoms with Crippen LogP contribution in [-0.2, 0) is 11.2 Å². The number of nitrogens with zero attached hydrogens (tertiary/aromatic N) is 3. The van der Waals surface area contributed by atoms with E-state index in [0.717, 1.165) is 37.6 Å². The van der Waals surface area contributed by atoms with Gasteiger partial charge in [0.2, 0.25) is 5.91 Å². The van der Waals surface area contributed by atoms with Crippen LogP contribution in [0, 0.1) is 0 Å². The molecule has 0 radical (unpaired) electrons. The predicted molar refractivity (Wildman–Crippen MR) is 138 cm³/mol. The van der Waals surface area contributed by atoms with Gasteiger partial charge in [0.15, 0.2) is 5.96 Å². The maximum absolute atomic E-state index is 12.7. The van der Waals surface area contributed by atoms with Crippen LogP contribution in [0.3, 0.4) is 0 Å². The predicted octanol–water partition coefficient (Wildman–Crippen LogP) is 3.54. The molecular formula is C24H38IN5O. The number of carbonyl (C=O) groups excluding carboxylic acids is 1. The molecule has 3 heterocycles. The molecule has 2 unspecified atom stereocenters. The van der Waals surface area contributed by atoms with Gasteiger partial charge in [0.25, 0.3) is 0 Å². The maximum Gasteiger partial charge on any atom is 0.227 e. The molecule has 7 heteroatoms. The molecule has 1 aromatic rings. The first-order valence-electron chi connectivity index (χ1n) is 11.8. The monoisotopic (exact) mass is 539 g/mol. The van der Waals surface area contributed by atoms with Crippen molar-refractivity contribution in [3.8, 4) is 0 Å². The molecule has 172 valence electrons. The van der Waals surface area contributed by atoms with Crippen molar-refractivity contribution < 1.29 is 4.79 Å². The van der Waals surface area contributed by atoms with Crippen LogP contribution in [0.2, 0.25) is 0 Å². The molecule has 2 atom stereocenters. The molecule has 0 spiro atoms. The van der Waals surface area contributed by atoms with Gasteiger partial charge in [-0.15, -0.1) is 24.0 Å². The molecule has 0 saturated carbocycles. The lowest BCUT2D eigenvalue weighted by Gasteiger charge is -2.47. The fraction of sp³-hybridized carbons (Fsp3) is 0.667. The van der Waals surface area contributed by atoms with E-state index in [2.05, 4.69) is 41.6 Å². The Bertz CT molecular complexity index is 756. The normalized spacial score (nSPS) is 25.5. The molecule has 3 aliphatic heterocycles. The molecule has 1 aromatic carbocycles. The Balaban J connectivity index is 0.00000272. The van der Waals surface area contributed by atoms with E-state index in [1.807, 2.05) is 17.0 Å². The van der Waals surface area contributed by atoms with Gasteiger partial charge in [0, 0.05) is 49.9 Å². The fourth-order valence-electron chi connectivity index (χ4n) is 5.40. The number of fused-ring (bicyclic) bond motifs is 3. The van der Waals surface area contributed by atoms with Crippen LogP contribution < -0.4 is 15.5 Å². The van der Waals surface area contributed by atoms with Gasteiger partial charge < -0.3 is 20.4 Å². The van der Waals surface area contributed by atoms with Crippen LogP contribution in [0.1, 0.15) is 57.4 Å². The third-order valence-corrected chi connectivity index (χ3v) is 7.03. The average molecular weight is 540 g/mol. The number of para-hydroxylation sites is 1. The minimum absolute atomic E-state index is 0. The lowest BCUT2D eigenvalue weighted by Crippen LogP contribution is -2.56. The zero-order valence-corrected chi connectivity index (χ0v) is 21.3. The number of rotatable bonds is 6. The SMILES string of the molecule is CCNC(=NCCCC(=O)N1CCc2ccccc21)NC1CC2CCCC(C1)N2C.I. The number of nitrogens with one attached hydrogen (secondary N) is 2. The van der Waals surface area contributed by atoms with E-state index in [9.17, 15) is 4.79 Å². The summed E-state index contributed by atoms with van der Waals surface area (Å²) in [7, 11) is 2.29. The number of hydrogen-bond acceptors (Lipinski definition) is 3. The van der Waals surface area contributed by atoms with Crippen molar-refractivity contribution >= 4 is 41.5 Å². The van der Waals surface area contributed by atoms with Crippen molar-refractivity contribution in [1.82, 2.24) is 15.5 Å². The summed E-state index contributed by atoms with van der Waals surface area (Å²) in [6.07, 6.45) is 8.71. The van der Waals surface area contributed by atoms with Crippen molar-refractivity contribution in [3.05, 3.63) is 29.8 Å². The first-order valence-corrected chi connectivity index (χ1v) is 11.8. The van der Waals surface area contributed by atoms with Crippen LogP contribution in [-0.4, -0.2) is 61.6 Å². The van der Waals surface area contributed by atoms with Gasteiger partial charge in [-0.3, -0.25) is 9.79 Å². The number of guanidine groups is 1. The lowest BCUT2D eigenvalue weighted by atomic mass is 9.82. The summed E-state index contributed by atoms with van der Waals surface area (Å²) < 4.78 is 0. The molecule has 2 fully saturated rings. The van der Waals surface area contributed by atoms with Crippen molar-refractivity contribution in [1.29, 1.82) is 0 Å². The van der Waals surface area contributed by atoms with E-state index in [1.165, 1.54) is 37.7 Å². The van der Waals surface area contributed by atoms with E-state index in [0.29, 0.717) is 31.1 Å². The molecule has 0 aromatic heterocycles. The summed E-state index contributed by atoms with van der Waals surface area (Å²) in [5, 5.41) is 7.07. The highest BCUT2D eigenvalue weighted by molar-refractivity contribution is 14.0. The van der Waals surface area contributed by atoms with E-state index in [1.54, 1.807) is 0 Å². The van der Waals surface area contributed by atoms with Crippen LogP contribution in [0.15, 0.2) is 29.3 Å². The average Bonchev–Trinajstić information content (AvgIpc) is 3.16. The molecule has 2 N–H and O–H groups in total. The van der Waals surface area contributed by atoms with Crippen LogP contribution in [0.4, 0.5) is 5.69 Å². The Morgan fingerprint density at radius 1 is 1.19 bits per heavy atom. The number of amides is 1. The highest BCUT2D eigenvalue weighted by Crippen LogP contribution is 2.32. The summed E-state index contributed by atoms with van der Waals surface area (Å²) in [4.78, 5) is 22.0. The summed E-state index contributed by atoms with van der Waals surface area (Å²) in [6, 6.07) is 10.2. The number of hydrogen-bond donors (Lipinski definition) is 2. The van der Waals surface area contributed by atoms with Gasteiger partial charge in [-0.2, -0.15) is 0 Å². The first kappa shape index (κ1) is 24.3. The zero-order chi connectivity index (χ0) is 20.9. The second kappa shape index (κ2) is 11.5. The molecule has 31 heavy (non-hydrogen) atoms. The summed E-state index contributed by atoms with van der Waals surface area (Å²) in [5.41, 5.74) is 2.37. The molecule has 1 amide bonds. The van der Waals surface area contributed by atoms with Crippen molar-refractivity contribution in [2.24, 2.45) is 4.99 Å². The fourth-order valence-corrected chi connectivity index (χ4v) is 5.40. The van der Waals surface area contributed by atoms with Gasteiger partial charge in [-0.05, 0) is 64.1 Å². The number of anilines is 1. The third kappa shape index (κ3) is 5.92. The minimum Gasteiger partial charge on any atom is -0.357 e. The number of carbonyl (C=O) groups is 1. The molecule has 3 aliphatic rings. The number of piperidine rings is 2. The van der Waals surface area contributed by atoms with Crippen molar-refractivity contribution in [2.45, 2.75) is 76.4 Å². The van der Waals surface area contributed by atoms with Gasteiger partial charge >= 0.3 is 0 Å². The second-order valence-corrected chi connectivity index (χ2v) is 9.00. The van der Waals surface area contributed by atoms with E-state index < -0.39 is 0 Å². The van der Waals surface area contributed by atoms with Gasteiger partial charge in [-0.1, -0.05) is 24.6 Å². The van der Waals surface area contributed by atoms with Gasteiger partial charge in [-0.25, -0.2) is 0 Å². The third-order valence-electron chi connectivity index (χ3n) is 7.03. The first-order chi connectivity index (χ1) is 14.7. The highest BCUT2D eigenvalue weighted by Gasteiger charge is 2.36. The molecule has 4 rings (SSSR count). The van der Waals surface area contributed by atoms with E-state index in [4.69, 9.17) is 4.99 Å². The van der Waals surface area contributed by atoms with Crippen molar-refractivity contribution in [2.75, 3.05) is 31.6 Å². The topological polar surface area (TPSA) is 60.0 Å². The highest BCUT2D eigenvalue weighted by atomic mass is 127. The van der Waals surface area contributed by atoms with Crippen molar-refractivity contribution in [3.63, 3.8) is 0 Å². The number of aliphatic imine (C=N–C) groups is 1. The van der Waals surface area contributed by atoms with Crippen LogP contribution in [0.25, 0.3) is 0 Å². The largest absolute Gasteiger partial charge is 0.357 e. The molecule has 2 saturated heterocycles. The number of benzene rings is 1. The Morgan fingerprint density at radius 3 is 2.68 bits per heavy atom. The minimum atomic E-state index is 0. The lowest BCUT2D eigenvalue weighted by molar-refractivity contribution is -0.118. The quantitative estimate of drug-likeness (QED) is 0.251.